The lowest BCUT2D eigenvalue weighted by molar-refractivity contribution is 0.266. The van der Waals surface area contributed by atoms with E-state index in [4.69, 9.17) is 19.9 Å². The van der Waals surface area contributed by atoms with E-state index in [2.05, 4.69) is 4.90 Å². The van der Waals surface area contributed by atoms with Crippen molar-refractivity contribution in [3.05, 3.63) is 17.7 Å². The molecule has 19 heavy (non-hydrogen) atoms. The Morgan fingerprint density at radius 1 is 1.05 bits per heavy atom. The van der Waals surface area contributed by atoms with Gasteiger partial charge in [-0.05, 0) is 27.1 Å². The van der Waals surface area contributed by atoms with Crippen molar-refractivity contribution < 1.29 is 14.2 Å². The van der Waals surface area contributed by atoms with Gasteiger partial charge in [0.2, 0.25) is 0 Å². The molecule has 108 valence electrons. The van der Waals surface area contributed by atoms with E-state index in [9.17, 15) is 0 Å². The van der Waals surface area contributed by atoms with Crippen LogP contribution < -0.4 is 19.9 Å². The topological polar surface area (TPSA) is 57.0 Å². The van der Waals surface area contributed by atoms with Crippen molar-refractivity contribution in [3.63, 3.8) is 0 Å². The predicted molar refractivity (Wildman–Crippen MR) is 76.2 cm³/mol. The summed E-state index contributed by atoms with van der Waals surface area (Å²) >= 11 is 0. The third kappa shape index (κ3) is 3.52. The van der Waals surface area contributed by atoms with Crippen LogP contribution in [0.2, 0.25) is 0 Å². The lowest BCUT2D eigenvalue weighted by Crippen LogP contribution is -2.24. The van der Waals surface area contributed by atoms with E-state index in [1.54, 1.807) is 21.3 Å². The highest BCUT2D eigenvalue weighted by atomic mass is 16.5. The van der Waals surface area contributed by atoms with Crippen LogP contribution in [0.1, 0.15) is 18.0 Å². The first-order valence-electron chi connectivity index (χ1n) is 6.25. The van der Waals surface area contributed by atoms with Gasteiger partial charge in [-0.3, -0.25) is 0 Å². The number of benzene rings is 1. The summed E-state index contributed by atoms with van der Waals surface area (Å²) in [6, 6.07) is 3.87. The molecule has 5 heteroatoms. The third-order valence-corrected chi connectivity index (χ3v) is 3.15. The Balaban J connectivity index is 3.36. The first-order valence-corrected chi connectivity index (χ1v) is 6.25. The molecule has 1 atom stereocenters. The summed E-state index contributed by atoms with van der Waals surface area (Å²) in [5, 5.41) is 0. The Hall–Kier alpha value is -1.46. The van der Waals surface area contributed by atoms with Crippen LogP contribution in [0.25, 0.3) is 0 Å². The van der Waals surface area contributed by atoms with Crippen molar-refractivity contribution in [2.24, 2.45) is 5.73 Å². The molecule has 0 spiro atoms. The highest BCUT2D eigenvalue weighted by Crippen LogP contribution is 2.40. The SMILES string of the molecule is COc1cc(OC)c(C(CCN)N(C)C)c(OC)c1. The van der Waals surface area contributed by atoms with Crippen molar-refractivity contribution in [1.29, 1.82) is 0 Å². The lowest BCUT2D eigenvalue weighted by Gasteiger charge is -2.27. The zero-order chi connectivity index (χ0) is 14.4. The number of hydrogen-bond acceptors (Lipinski definition) is 5. The van der Waals surface area contributed by atoms with Gasteiger partial charge in [0.25, 0.3) is 0 Å². The third-order valence-electron chi connectivity index (χ3n) is 3.15. The van der Waals surface area contributed by atoms with Crippen LogP contribution in [-0.2, 0) is 0 Å². The molecular weight excluding hydrogens is 244 g/mol. The van der Waals surface area contributed by atoms with Crippen LogP contribution in [-0.4, -0.2) is 46.9 Å². The fourth-order valence-electron chi connectivity index (χ4n) is 2.18. The summed E-state index contributed by atoms with van der Waals surface area (Å²) in [4.78, 5) is 2.11. The zero-order valence-electron chi connectivity index (χ0n) is 12.4. The molecule has 1 aromatic rings. The number of nitrogens with two attached hydrogens (primary N) is 1. The molecule has 0 saturated heterocycles. The minimum Gasteiger partial charge on any atom is -0.496 e. The van der Waals surface area contributed by atoms with Gasteiger partial charge >= 0.3 is 0 Å². The van der Waals surface area contributed by atoms with E-state index in [0.717, 1.165) is 23.5 Å². The van der Waals surface area contributed by atoms with Crippen LogP contribution in [0, 0.1) is 0 Å². The minimum absolute atomic E-state index is 0.140. The van der Waals surface area contributed by atoms with Crippen molar-refractivity contribution in [2.75, 3.05) is 42.0 Å². The molecule has 0 saturated carbocycles. The average molecular weight is 268 g/mol. The highest BCUT2D eigenvalue weighted by molar-refractivity contribution is 5.52. The maximum Gasteiger partial charge on any atom is 0.131 e. The fraction of sp³-hybridized carbons (Fsp3) is 0.571. The van der Waals surface area contributed by atoms with Gasteiger partial charge in [-0.1, -0.05) is 0 Å². The molecule has 0 aliphatic rings. The van der Waals surface area contributed by atoms with E-state index in [1.807, 2.05) is 26.2 Å². The van der Waals surface area contributed by atoms with Gasteiger partial charge in [-0.15, -0.1) is 0 Å². The standard InChI is InChI=1S/C14H24N2O3/c1-16(2)11(6-7-15)14-12(18-4)8-10(17-3)9-13(14)19-5/h8-9,11H,6-7,15H2,1-5H3. The van der Waals surface area contributed by atoms with Crippen LogP contribution >= 0.6 is 0 Å². The molecule has 0 heterocycles. The number of hydrogen-bond donors (Lipinski definition) is 1. The maximum atomic E-state index is 5.71. The summed E-state index contributed by atoms with van der Waals surface area (Å²) in [5.74, 6) is 2.22. The molecule has 0 radical (unpaired) electrons. The van der Waals surface area contributed by atoms with Crippen molar-refractivity contribution in [3.8, 4) is 17.2 Å². The summed E-state index contributed by atoms with van der Waals surface area (Å²) in [6.45, 7) is 0.598. The highest BCUT2D eigenvalue weighted by Gasteiger charge is 2.23. The molecule has 0 aliphatic heterocycles. The number of methoxy groups -OCH3 is 3. The molecule has 0 aromatic heterocycles. The second kappa shape index (κ2) is 7.21. The molecule has 0 bridgehead atoms. The van der Waals surface area contributed by atoms with Crippen molar-refractivity contribution >= 4 is 0 Å². The molecule has 1 aromatic carbocycles. The van der Waals surface area contributed by atoms with Gasteiger partial charge in [0.1, 0.15) is 17.2 Å². The quantitative estimate of drug-likeness (QED) is 0.815. The van der Waals surface area contributed by atoms with Gasteiger partial charge in [0, 0.05) is 18.2 Å². The monoisotopic (exact) mass is 268 g/mol. The normalized spacial score (nSPS) is 12.4. The average Bonchev–Trinajstić information content (AvgIpc) is 2.43. The Morgan fingerprint density at radius 2 is 1.58 bits per heavy atom. The second-order valence-electron chi connectivity index (χ2n) is 4.50. The van der Waals surface area contributed by atoms with Crippen LogP contribution in [0.4, 0.5) is 0 Å². The molecular formula is C14H24N2O3. The Morgan fingerprint density at radius 3 is 1.89 bits per heavy atom. The minimum atomic E-state index is 0.140. The fourth-order valence-corrected chi connectivity index (χ4v) is 2.18. The first kappa shape index (κ1) is 15.6. The van der Waals surface area contributed by atoms with Gasteiger partial charge in [-0.2, -0.15) is 0 Å². The van der Waals surface area contributed by atoms with Gasteiger partial charge in [0.15, 0.2) is 0 Å². The summed E-state index contributed by atoms with van der Waals surface area (Å²) in [5.41, 5.74) is 6.71. The number of nitrogens with zero attached hydrogens (tertiary/aromatic N) is 1. The maximum absolute atomic E-state index is 5.71. The number of rotatable bonds is 7. The molecule has 1 unspecified atom stereocenters. The van der Waals surface area contributed by atoms with E-state index in [0.29, 0.717) is 12.3 Å². The number of ether oxygens (including phenoxy) is 3. The van der Waals surface area contributed by atoms with Crippen LogP contribution in [0.5, 0.6) is 17.2 Å². The van der Waals surface area contributed by atoms with Gasteiger partial charge in [-0.25, -0.2) is 0 Å². The molecule has 2 N–H and O–H groups in total. The Bertz CT molecular complexity index is 383. The summed E-state index contributed by atoms with van der Waals surface area (Å²) < 4.78 is 16.2. The molecule has 0 amide bonds. The predicted octanol–water partition coefficient (Wildman–Crippen LogP) is 1.66. The van der Waals surface area contributed by atoms with Gasteiger partial charge < -0.3 is 24.8 Å². The Labute approximate surface area is 115 Å². The van der Waals surface area contributed by atoms with Crippen LogP contribution in [0.3, 0.4) is 0 Å². The van der Waals surface area contributed by atoms with E-state index >= 15 is 0 Å². The summed E-state index contributed by atoms with van der Waals surface area (Å²) in [6.07, 6.45) is 0.825. The summed E-state index contributed by atoms with van der Waals surface area (Å²) in [7, 11) is 8.95. The molecule has 0 fully saturated rings. The molecule has 1 rings (SSSR count). The molecule has 0 aliphatic carbocycles. The molecule has 5 nitrogen and oxygen atoms in total. The van der Waals surface area contributed by atoms with E-state index in [1.165, 1.54) is 0 Å². The first-order chi connectivity index (χ1) is 9.08. The van der Waals surface area contributed by atoms with Crippen molar-refractivity contribution in [2.45, 2.75) is 12.5 Å². The van der Waals surface area contributed by atoms with Gasteiger partial charge in [0.05, 0.1) is 26.9 Å². The smallest absolute Gasteiger partial charge is 0.131 e. The van der Waals surface area contributed by atoms with E-state index in [-0.39, 0.29) is 6.04 Å². The lowest BCUT2D eigenvalue weighted by atomic mass is 10.00. The zero-order valence-corrected chi connectivity index (χ0v) is 12.4. The van der Waals surface area contributed by atoms with Crippen molar-refractivity contribution in [1.82, 2.24) is 4.90 Å². The largest absolute Gasteiger partial charge is 0.496 e. The van der Waals surface area contributed by atoms with Crippen LogP contribution in [0.15, 0.2) is 12.1 Å². The van der Waals surface area contributed by atoms with E-state index < -0.39 is 0 Å². The second-order valence-corrected chi connectivity index (χ2v) is 4.50. The Kier molecular flexibility index (Phi) is 5.92.